The molecule has 1 fully saturated rings. The number of ether oxygens (including phenoxy) is 1. The van der Waals surface area contributed by atoms with Gasteiger partial charge in [0.05, 0.1) is 12.0 Å². The third-order valence-electron chi connectivity index (χ3n) is 4.11. The fourth-order valence-electron chi connectivity index (χ4n) is 2.92. The quantitative estimate of drug-likeness (QED) is 0.621. The monoisotopic (exact) mass is 326 g/mol. The van der Waals surface area contributed by atoms with Gasteiger partial charge in [-0.05, 0) is 46.1 Å². The number of nitrogens with zero attached hydrogens (tertiary/aromatic N) is 2. The second-order valence-corrected chi connectivity index (χ2v) is 8.12. The van der Waals surface area contributed by atoms with Gasteiger partial charge in [-0.3, -0.25) is 4.79 Å². The second kappa shape index (κ2) is 5.95. The first-order valence-corrected chi connectivity index (χ1v) is 9.28. The standard InChI is InChI=1S/C15H22N2O4S/c1-5-21-13(18)15(3)7-6-11(9-15)12-8-10(2)16-14(17-12)22(4,19)20/h8,11H,5-7,9H2,1-4H3/t11-,15-/m1/s1. The maximum absolute atomic E-state index is 12.1. The van der Waals surface area contributed by atoms with Gasteiger partial charge >= 0.3 is 5.97 Å². The lowest BCUT2D eigenvalue weighted by Gasteiger charge is -2.21. The zero-order valence-electron chi connectivity index (χ0n) is 13.4. The van der Waals surface area contributed by atoms with Crippen molar-refractivity contribution in [1.82, 2.24) is 9.97 Å². The fourth-order valence-corrected chi connectivity index (χ4v) is 3.50. The van der Waals surface area contributed by atoms with E-state index in [-0.39, 0.29) is 17.0 Å². The van der Waals surface area contributed by atoms with Gasteiger partial charge in [-0.2, -0.15) is 0 Å². The molecule has 0 aromatic carbocycles. The molecule has 6 nitrogen and oxygen atoms in total. The number of aromatic nitrogens is 2. The van der Waals surface area contributed by atoms with Crippen LogP contribution < -0.4 is 0 Å². The molecule has 0 saturated heterocycles. The van der Waals surface area contributed by atoms with Crippen molar-refractivity contribution in [2.24, 2.45) is 5.41 Å². The van der Waals surface area contributed by atoms with Crippen molar-refractivity contribution in [3.63, 3.8) is 0 Å². The number of carbonyl (C=O) groups is 1. The lowest BCUT2D eigenvalue weighted by molar-refractivity contribution is -0.154. The number of hydrogen-bond donors (Lipinski definition) is 0. The van der Waals surface area contributed by atoms with E-state index in [0.29, 0.717) is 30.8 Å². The highest BCUT2D eigenvalue weighted by molar-refractivity contribution is 7.90. The molecular weight excluding hydrogens is 304 g/mol. The summed E-state index contributed by atoms with van der Waals surface area (Å²) in [6.07, 6.45) is 3.22. The van der Waals surface area contributed by atoms with E-state index >= 15 is 0 Å². The van der Waals surface area contributed by atoms with E-state index in [0.717, 1.165) is 12.7 Å². The van der Waals surface area contributed by atoms with Crippen LogP contribution in [-0.2, 0) is 19.4 Å². The molecule has 0 aliphatic heterocycles. The van der Waals surface area contributed by atoms with Crippen LogP contribution in [0.5, 0.6) is 0 Å². The smallest absolute Gasteiger partial charge is 0.311 e. The maximum Gasteiger partial charge on any atom is 0.311 e. The predicted molar refractivity (Wildman–Crippen MR) is 81.2 cm³/mol. The lowest BCUT2D eigenvalue weighted by atomic mass is 9.87. The Balaban J connectivity index is 2.28. The van der Waals surface area contributed by atoms with Gasteiger partial charge in [-0.1, -0.05) is 0 Å². The Labute approximate surface area is 131 Å². The van der Waals surface area contributed by atoms with Crippen LogP contribution in [-0.4, -0.2) is 37.2 Å². The van der Waals surface area contributed by atoms with Crippen LogP contribution in [0.3, 0.4) is 0 Å². The first-order valence-electron chi connectivity index (χ1n) is 7.38. The Morgan fingerprint density at radius 3 is 2.73 bits per heavy atom. The summed E-state index contributed by atoms with van der Waals surface area (Å²) in [7, 11) is -3.44. The van der Waals surface area contributed by atoms with Crippen molar-refractivity contribution in [2.75, 3.05) is 12.9 Å². The summed E-state index contributed by atoms with van der Waals surface area (Å²) in [4.78, 5) is 20.3. The summed E-state index contributed by atoms with van der Waals surface area (Å²) in [5, 5.41) is -0.146. The van der Waals surface area contributed by atoms with Crippen molar-refractivity contribution in [3.05, 3.63) is 17.5 Å². The molecule has 7 heteroatoms. The molecule has 0 N–H and O–H groups in total. The van der Waals surface area contributed by atoms with Gasteiger partial charge < -0.3 is 4.74 Å². The van der Waals surface area contributed by atoms with Crippen molar-refractivity contribution in [2.45, 2.75) is 51.1 Å². The zero-order chi connectivity index (χ0) is 16.5. The largest absolute Gasteiger partial charge is 0.466 e. The van der Waals surface area contributed by atoms with Crippen molar-refractivity contribution in [3.8, 4) is 0 Å². The van der Waals surface area contributed by atoms with Gasteiger partial charge in [0.15, 0.2) is 0 Å². The van der Waals surface area contributed by atoms with E-state index in [9.17, 15) is 13.2 Å². The summed E-state index contributed by atoms with van der Waals surface area (Å²) in [6, 6.07) is 1.80. The minimum absolute atomic E-state index is 0.0524. The van der Waals surface area contributed by atoms with Crippen LogP contribution >= 0.6 is 0 Å². The van der Waals surface area contributed by atoms with Gasteiger partial charge in [0.25, 0.3) is 0 Å². The second-order valence-electron chi connectivity index (χ2n) is 6.21. The van der Waals surface area contributed by atoms with E-state index in [1.165, 1.54) is 0 Å². The molecule has 2 atom stereocenters. The van der Waals surface area contributed by atoms with Gasteiger partial charge in [0.2, 0.25) is 15.0 Å². The number of rotatable bonds is 4. The number of aryl methyl sites for hydroxylation is 1. The molecule has 1 aromatic heterocycles. The molecule has 0 unspecified atom stereocenters. The van der Waals surface area contributed by atoms with Crippen LogP contribution in [0.1, 0.15) is 50.4 Å². The van der Waals surface area contributed by atoms with Gasteiger partial charge in [0.1, 0.15) is 0 Å². The molecule has 0 spiro atoms. The highest BCUT2D eigenvalue weighted by Gasteiger charge is 2.43. The first kappa shape index (κ1) is 16.9. The molecule has 1 saturated carbocycles. The Hall–Kier alpha value is -1.50. The van der Waals surface area contributed by atoms with E-state index in [1.807, 2.05) is 6.92 Å². The zero-order valence-corrected chi connectivity index (χ0v) is 14.2. The summed E-state index contributed by atoms with van der Waals surface area (Å²) in [5.41, 5.74) is 0.793. The van der Waals surface area contributed by atoms with Crippen LogP contribution in [0.4, 0.5) is 0 Å². The Kier molecular flexibility index (Phi) is 4.56. The maximum atomic E-state index is 12.1. The van der Waals surface area contributed by atoms with E-state index < -0.39 is 15.3 Å². The molecule has 122 valence electrons. The molecule has 1 aromatic rings. The van der Waals surface area contributed by atoms with E-state index in [2.05, 4.69) is 9.97 Å². The highest BCUT2D eigenvalue weighted by Crippen LogP contribution is 2.46. The van der Waals surface area contributed by atoms with Crippen LogP contribution in [0, 0.1) is 12.3 Å². The number of carbonyl (C=O) groups excluding carboxylic acids is 1. The number of hydrogen-bond acceptors (Lipinski definition) is 6. The molecule has 0 bridgehead atoms. The van der Waals surface area contributed by atoms with Crippen LogP contribution in [0.2, 0.25) is 0 Å². The molecule has 22 heavy (non-hydrogen) atoms. The Bertz CT molecular complexity index is 687. The molecular formula is C15H22N2O4S. The van der Waals surface area contributed by atoms with E-state index in [1.54, 1.807) is 19.9 Å². The first-order chi connectivity index (χ1) is 10.2. The molecule has 1 heterocycles. The Morgan fingerprint density at radius 2 is 2.14 bits per heavy atom. The van der Waals surface area contributed by atoms with Crippen molar-refractivity contribution in [1.29, 1.82) is 0 Å². The SMILES string of the molecule is CCOC(=O)[C@]1(C)CC[C@@H](c2cc(C)nc(S(C)(=O)=O)n2)C1. The van der Waals surface area contributed by atoms with Crippen LogP contribution in [0.25, 0.3) is 0 Å². The van der Waals surface area contributed by atoms with Crippen molar-refractivity contribution < 1.29 is 17.9 Å². The summed E-state index contributed by atoms with van der Waals surface area (Å²) < 4.78 is 28.5. The summed E-state index contributed by atoms with van der Waals surface area (Å²) in [5.74, 6) is -0.136. The fraction of sp³-hybridized carbons (Fsp3) is 0.667. The topological polar surface area (TPSA) is 86.2 Å². The number of esters is 1. The molecule has 0 amide bonds. The number of sulfone groups is 1. The third-order valence-corrected chi connectivity index (χ3v) is 4.96. The van der Waals surface area contributed by atoms with Gasteiger partial charge in [0, 0.05) is 23.6 Å². The highest BCUT2D eigenvalue weighted by atomic mass is 32.2. The van der Waals surface area contributed by atoms with Crippen LogP contribution in [0.15, 0.2) is 11.2 Å². The van der Waals surface area contributed by atoms with Gasteiger partial charge in [-0.15, -0.1) is 0 Å². The summed E-state index contributed by atoms with van der Waals surface area (Å²) in [6.45, 7) is 5.81. The normalized spacial score (nSPS) is 25.2. The minimum atomic E-state index is -3.44. The molecule has 2 rings (SSSR count). The van der Waals surface area contributed by atoms with Crippen molar-refractivity contribution >= 4 is 15.8 Å². The van der Waals surface area contributed by atoms with E-state index in [4.69, 9.17) is 4.74 Å². The predicted octanol–water partition coefficient (Wildman–Crippen LogP) is 2.03. The molecule has 0 radical (unpaired) electrons. The average molecular weight is 326 g/mol. The average Bonchev–Trinajstić information content (AvgIpc) is 2.81. The lowest BCUT2D eigenvalue weighted by Crippen LogP contribution is -2.27. The van der Waals surface area contributed by atoms with Gasteiger partial charge in [-0.25, -0.2) is 18.4 Å². The Morgan fingerprint density at radius 1 is 1.45 bits per heavy atom. The third kappa shape index (κ3) is 3.45. The molecule has 1 aliphatic rings. The summed E-state index contributed by atoms with van der Waals surface area (Å²) >= 11 is 0. The minimum Gasteiger partial charge on any atom is -0.466 e. The molecule has 1 aliphatic carbocycles.